The van der Waals surface area contributed by atoms with Gasteiger partial charge in [0.05, 0.1) is 12.2 Å². The van der Waals surface area contributed by atoms with Crippen LogP contribution in [-0.4, -0.2) is 44.8 Å². The van der Waals surface area contributed by atoms with E-state index in [0.717, 1.165) is 4.68 Å². The molecule has 1 fully saturated rings. The summed E-state index contributed by atoms with van der Waals surface area (Å²) in [5.41, 5.74) is 0.0555. The molecule has 1 saturated heterocycles. The molecule has 8 heteroatoms. The van der Waals surface area contributed by atoms with E-state index in [1.54, 1.807) is 12.1 Å². The Kier molecular flexibility index (Phi) is 4.45. The predicted molar refractivity (Wildman–Crippen MR) is 83.1 cm³/mol. The molecule has 1 aliphatic heterocycles. The molecular weight excluding hydrogens is 314 g/mol. The SMILES string of the molecule is O=C(O)[C@@H]1CCCN(C(=O)Cn2nc(-c3ccco3)ccc2=O)C1. The fraction of sp³-hybridized carbons (Fsp3) is 0.375. The molecule has 0 aromatic carbocycles. The van der Waals surface area contributed by atoms with Crippen molar-refractivity contribution < 1.29 is 19.1 Å². The van der Waals surface area contributed by atoms with Gasteiger partial charge in [0, 0.05) is 19.2 Å². The first kappa shape index (κ1) is 16.0. The largest absolute Gasteiger partial charge is 0.481 e. The lowest BCUT2D eigenvalue weighted by Gasteiger charge is -2.30. The lowest BCUT2D eigenvalue weighted by Crippen LogP contribution is -2.44. The van der Waals surface area contributed by atoms with E-state index in [1.165, 1.54) is 23.3 Å². The molecule has 0 saturated carbocycles. The number of aromatic nitrogens is 2. The Hall–Kier alpha value is -2.90. The van der Waals surface area contributed by atoms with Gasteiger partial charge in [-0.15, -0.1) is 0 Å². The molecule has 0 spiro atoms. The molecular formula is C16H17N3O5. The van der Waals surface area contributed by atoms with Crippen LogP contribution in [0.1, 0.15) is 12.8 Å². The number of carboxylic acids is 1. The molecule has 1 atom stereocenters. The van der Waals surface area contributed by atoms with Gasteiger partial charge < -0.3 is 14.4 Å². The summed E-state index contributed by atoms with van der Waals surface area (Å²) in [5, 5.41) is 13.2. The van der Waals surface area contributed by atoms with E-state index in [1.807, 2.05) is 0 Å². The fourth-order valence-corrected chi connectivity index (χ4v) is 2.75. The highest BCUT2D eigenvalue weighted by molar-refractivity contribution is 5.77. The van der Waals surface area contributed by atoms with Crippen molar-refractivity contribution in [2.24, 2.45) is 5.92 Å². The number of likely N-dealkylation sites (tertiary alicyclic amines) is 1. The van der Waals surface area contributed by atoms with Crippen molar-refractivity contribution in [3.63, 3.8) is 0 Å². The average Bonchev–Trinajstić information content (AvgIpc) is 3.11. The number of hydrogen-bond acceptors (Lipinski definition) is 5. The molecule has 2 aromatic heterocycles. The first-order valence-corrected chi connectivity index (χ1v) is 7.67. The van der Waals surface area contributed by atoms with Gasteiger partial charge in [-0.2, -0.15) is 5.10 Å². The molecule has 2 aromatic rings. The molecule has 0 unspecified atom stereocenters. The van der Waals surface area contributed by atoms with Gasteiger partial charge in [0.1, 0.15) is 12.2 Å². The van der Waals surface area contributed by atoms with Gasteiger partial charge >= 0.3 is 5.97 Å². The van der Waals surface area contributed by atoms with Crippen LogP contribution in [-0.2, 0) is 16.1 Å². The quantitative estimate of drug-likeness (QED) is 0.889. The number of rotatable bonds is 4. The Morgan fingerprint density at radius 3 is 2.88 bits per heavy atom. The molecule has 0 radical (unpaired) electrons. The van der Waals surface area contributed by atoms with Crippen LogP contribution >= 0.6 is 0 Å². The van der Waals surface area contributed by atoms with E-state index in [9.17, 15) is 14.4 Å². The van der Waals surface area contributed by atoms with Crippen LogP contribution in [0.5, 0.6) is 0 Å². The third kappa shape index (κ3) is 3.37. The third-order valence-electron chi connectivity index (χ3n) is 4.05. The Morgan fingerprint density at radius 1 is 1.33 bits per heavy atom. The molecule has 8 nitrogen and oxygen atoms in total. The molecule has 126 valence electrons. The lowest BCUT2D eigenvalue weighted by atomic mass is 9.98. The molecule has 3 rings (SSSR count). The second kappa shape index (κ2) is 6.69. The highest BCUT2D eigenvalue weighted by Crippen LogP contribution is 2.17. The Labute approximate surface area is 137 Å². The highest BCUT2D eigenvalue weighted by atomic mass is 16.4. The van der Waals surface area contributed by atoms with Gasteiger partial charge in [-0.1, -0.05) is 0 Å². The molecule has 0 aliphatic carbocycles. The second-order valence-electron chi connectivity index (χ2n) is 5.71. The normalized spacial score (nSPS) is 17.7. The Balaban J connectivity index is 1.75. The topological polar surface area (TPSA) is 106 Å². The number of piperidine rings is 1. The van der Waals surface area contributed by atoms with E-state index < -0.39 is 17.4 Å². The van der Waals surface area contributed by atoms with Crippen molar-refractivity contribution in [1.82, 2.24) is 14.7 Å². The van der Waals surface area contributed by atoms with Crippen molar-refractivity contribution in [1.29, 1.82) is 0 Å². The maximum atomic E-state index is 12.4. The van der Waals surface area contributed by atoms with E-state index in [2.05, 4.69) is 5.10 Å². The van der Waals surface area contributed by atoms with Gasteiger partial charge in [0.15, 0.2) is 5.76 Å². The van der Waals surface area contributed by atoms with Crippen LogP contribution in [0.3, 0.4) is 0 Å². The van der Waals surface area contributed by atoms with Crippen LogP contribution in [0.2, 0.25) is 0 Å². The monoisotopic (exact) mass is 331 g/mol. The number of nitrogens with zero attached hydrogens (tertiary/aromatic N) is 3. The van der Waals surface area contributed by atoms with Crippen LogP contribution in [0.4, 0.5) is 0 Å². The van der Waals surface area contributed by atoms with E-state index >= 15 is 0 Å². The Bertz CT molecular complexity index is 796. The number of amides is 1. The van der Waals surface area contributed by atoms with Crippen LogP contribution in [0, 0.1) is 5.92 Å². The number of carboxylic acid groups (broad SMARTS) is 1. The summed E-state index contributed by atoms with van der Waals surface area (Å²) >= 11 is 0. The molecule has 1 aliphatic rings. The lowest BCUT2D eigenvalue weighted by molar-refractivity contribution is -0.145. The minimum absolute atomic E-state index is 0.167. The van der Waals surface area contributed by atoms with Gasteiger partial charge in [-0.25, -0.2) is 4.68 Å². The minimum Gasteiger partial charge on any atom is -0.481 e. The summed E-state index contributed by atoms with van der Waals surface area (Å²) in [6.07, 6.45) is 2.69. The summed E-state index contributed by atoms with van der Waals surface area (Å²) in [7, 11) is 0. The molecule has 0 bridgehead atoms. The summed E-state index contributed by atoms with van der Waals surface area (Å²) < 4.78 is 6.31. The van der Waals surface area contributed by atoms with Gasteiger partial charge in [0.25, 0.3) is 5.56 Å². The van der Waals surface area contributed by atoms with Gasteiger partial charge in [-0.05, 0) is 31.0 Å². The number of carbonyl (C=O) groups is 2. The number of aliphatic carboxylic acids is 1. The summed E-state index contributed by atoms with van der Waals surface area (Å²) in [6.45, 7) is 0.440. The van der Waals surface area contributed by atoms with Crippen molar-refractivity contribution in [3.8, 4) is 11.5 Å². The number of carbonyl (C=O) groups excluding carboxylic acids is 1. The second-order valence-corrected chi connectivity index (χ2v) is 5.71. The highest BCUT2D eigenvalue weighted by Gasteiger charge is 2.28. The zero-order chi connectivity index (χ0) is 17.1. The third-order valence-corrected chi connectivity index (χ3v) is 4.05. The standard InChI is InChI=1S/C16H17N3O5/c20-14-6-5-12(13-4-2-8-24-13)17-19(14)10-15(21)18-7-1-3-11(9-18)16(22)23/h2,4-6,8,11H,1,3,7,9-10H2,(H,22,23)/t11-/m1/s1. The van der Waals surface area contributed by atoms with E-state index in [0.29, 0.717) is 30.8 Å². The summed E-state index contributed by atoms with van der Waals surface area (Å²) in [4.78, 5) is 36.9. The zero-order valence-electron chi connectivity index (χ0n) is 12.9. The predicted octanol–water partition coefficient (Wildman–Crippen LogP) is 0.826. The number of furan rings is 1. The first-order valence-electron chi connectivity index (χ1n) is 7.67. The maximum absolute atomic E-state index is 12.4. The zero-order valence-corrected chi connectivity index (χ0v) is 12.9. The van der Waals surface area contributed by atoms with Crippen LogP contribution < -0.4 is 5.56 Å². The maximum Gasteiger partial charge on any atom is 0.308 e. The first-order chi connectivity index (χ1) is 11.5. The van der Waals surface area contributed by atoms with Crippen molar-refractivity contribution in [3.05, 3.63) is 40.9 Å². The van der Waals surface area contributed by atoms with E-state index in [-0.39, 0.29) is 19.0 Å². The van der Waals surface area contributed by atoms with E-state index in [4.69, 9.17) is 9.52 Å². The summed E-state index contributed by atoms with van der Waals surface area (Å²) in [6, 6.07) is 6.27. The Morgan fingerprint density at radius 2 is 2.17 bits per heavy atom. The van der Waals surface area contributed by atoms with Gasteiger partial charge in [-0.3, -0.25) is 14.4 Å². The minimum atomic E-state index is -0.900. The smallest absolute Gasteiger partial charge is 0.308 e. The van der Waals surface area contributed by atoms with Gasteiger partial charge in [0.2, 0.25) is 5.91 Å². The summed E-state index contributed by atoms with van der Waals surface area (Å²) in [5.74, 6) is -1.27. The molecule has 24 heavy (non-hydrogen) atoms. The van der Waals surface area contributed by atoms with Crippen molar-refractivity contribution in [2.45, 2.75) is 19.4 Å². The van der Waals surface area contributed by atoms with Crippen molar-refractivity contribution in [2.75, 3.05) is 13.1 Å². The fourth-order valence-electron chi connectivity index (χ4n) is 2.75. The van der Waals surface area contributed by atoms with Crippen LogP contribution in [0.15, 0.2) is 39.7 Å². The number of hydrogen-bond donors (Lipinski definition) is 1. The molecule has 1 amide bonds. The average molecular weight is 331 g/mol. The molecule has 1 N–H and O–H groups in total. The van der Waals surface area contributed by atoms with Crippen LogP contribution in [0.25, 0.3) is 11.5 Å². The molecule has 3 heterocycles. The van der Waals surface area contributed by atoms with Crippen molar-refractivity contribution >= 4 is 11.9 Å².